The lowest BCUT2D eigenvalue weighted by Crippen LogP contribution is -2.63. The molecule has 1 saturated heterocycles. The van der Waals surface area contributed by atoms with E-state index in [0.29, 0.717) is 5.56 Å². The molecule has 7 heteroatoms. The second-order valence-corrected chi connectivity index (χ2v) is 4.82. The minimum atomic E-state index is -2.25. The molecule has 6 N–H and O–H groups in total. The van der Waals surface area contributed by atoms with Gasteiger partial charge in [0.2, 0.25) is 5.79 Å². The summed E-state index contributed by atoms with van der Waals surface area (Å²) >= 11 is 0. The minimum absolute atomic E-state index is 0.145. The van der Waals surface area contributed by atoms with E-state index in [1.165, 1.54) is 24.3 Å². The molecule has 1 aliphatic heterocycles. The fourth-order valence-corrected chi connectivity index (χ4v) is 2.24. The molecule has 0 amide bonds. The molecule has 0 aromatic heterocycles. The Morgan fingerprint density at radius 1 is 1.00 bits per heavy atom. The van der Waals surface area contributed by atoms with Gasteiger partial charge in [-0.3, -0.25) is 0 Å². The first kappa shape index (κ1) is 15.3. The number of rotatable bonds is 3. The van der Waals surface area contributed by atoms with Crippen molar-refractivity contribution in [3.63, 3.8) is 0 Å². The third kappa shape index (κ3) is 2.45. The Morgan fingerprint density at radius 2 is 1.60 bits per heavy atom. The Hall–Kier alpha value is -1.06. The topological polar surface area (TPSA) is 131 Å². The van der Waals surface area contributed by atoms with Gasteiger partial charge in [-0.15, -0.1) is 0 Å². The SMILES string of the molecule is OCc1ccc([C@]2(O)O[C@H](CO)[C@@H](O)[C@H](O)[C@H]2O)cc1. The number of aliphatic hydroxyl groups is 6. The third-order valence-corrected chi connectivity index (χ3v) is 3.52. The van der Waals surface area contributed by atoms with Gasteiger partial charge >= 0.3 is 0 Å². The van der Waals surface area contributed by atoms with Gasteiger partial charge in [-0.25, -0.2) is 0 Å². The van der Waals surface area contributed by atoms with Gasteiger partial charge in [-0.1, -0.05) is 24.3 Å². The van der Waals surface area contributed by atoms with Crippen molar-refractivity contribution in [2.24, 2.45) is 0 Å². The molecule has 0 saturated carbocycles. The van der Waals surface area contributed by atoms with Gasteiger partial charge in [0.1, 0.15) is 24.4 Å². The zero-order valence-corrected chi connectivity index (χ0v) is 10.6. The van der Waals surface area contributed by atoms with E-state index >= 15 is 0 Å². The molecule has 0 radical (unpaired) electrons. The highest BCUT2D eigenvalue weighted by Gasteiger charge is 2.53. The van der Waals surface area contributed by atoms with Gasteiger partial charge in [-0.2, -0.15) is 0 Å². The Labute approximate surface area is 115 Å². The standard InChI is InChI=1S/C13H18O7/c14-5-7-1-3-8(4-2-7)13(19)12(18)11(17)10(16)9(6-15)20-13/h1-4,9-12,14-19H,5-6H2/t9-,10-,11+,12-,13+/m1/s1. The Bertz CT molecular complexity index is 447. The highest BCUT2D eigenvalue weighted by molar-refractivity contribution is 5.27. The van der Waals surface area contributed by atoms with Gasteiger partial charge in [-0.05, 0) is 5.56 Å². The molecule has 1 heterocycles. The van der Waals surface area contributed by atoms with Crippen LogP contribution in [-0.4, -0.2) is 61.7 Å². The maximum Gasteiger partial charge on any atom is 0.222 e. The molecule has 112 valence electrons. The molecule has 0 unspecified atom stereocenters. The quantitative estimate of drug-likeness (QED) is 0.372. The molecule has 7 nitrogen and oxygen atoms in total. The highest BCUT2D eigenvalue weighted by Crippen LogP contribution is 2.36. The summed E-state index contributed by atoms with van der Waals surface area (Å²) in [5, 5.41) is 57.8. The molecule has 20 heavy (non-hydrogen) atoms. The van der Waals surface area contributed by atoms with Crippen LogP contribution in [0.3, 0.4) is 0 Å². The molecule has 5 atom stereocenters. The van der Waals surface area contributed by atoms with Crippen molar-refractivity contribution in [3.05, 3.63) is 35.4 Å². The number of hydrogen-bond donors (Lipinski definition) is 6. The van der Waals surface area contributed by atoms with Crippen LogP contribution in [0.25, 0.3) is 0 Å². The molecule has 0 aliphatic carbocycles. The second-order valence-electron chi connectivity index (χ2n) is 4.82. The molecule has 1 fully saturated rings. The smallest absolute Gasteiger partial charge is 0.222 e. The summed E-state index contributed by atoms with van der Waals surface area (Å²) in [6, 6.07) is 5.89. The Morgan fingerprint density at radius 3 is 2.10 bits per heavy atom. The van der Waals surface area contributed by atoms with Crippen molar-refractivity contribution < 1.29 is 35.4 Å². The van der Waals surface area contributed by atoms with Gasteiger partial charge < -0.3 is 35.4 Å². The fourth-order valence-electron chi connectivity index (χ4n) is 2.24. The van der Waals surface area contributed by atoms with Crippen LogP contribution in [0.1, 0.15) is 11.1 Å². The fraction of sp³-hybridized carbons (Fsp3) is 0.538. The zero-order chi connectivity index (χ0) is 14.9. The monoisotopic (exact) mass is 286 g/mol. The summed E-state index contributed by atoms with van der Waals surface area (Å²) in [4.78, 5) is 0. The van der Waals surface area contributed by atoms with E-state index in [-0.39, 0.29) is 12.2 Å². The maximum absolute atomic E-state index is 10.4. The Balaban J connectivity index is 2.35. The largest absolute Gasteiger partial charge is 0.394 e. The molecule has 1 aromatic rings. The first-order chi connectivity index (χ1) is 9.43. The summed E-state index contributed by atoms with van der Waals surface area (Å²) in [6.45, 7) is -0.801. The van der Waals surface area contributed by atoms with Gasteiger partial charge in [0.25, 0.3) is 0 Å². The van der Waals surface area contributed by atoms with E-state index in [0.717, 1.165) is 0 Å². The number of aliphatic hydroxyl groups excluding tert-OH is 5. The van der Waals surface area contributed by atoms with Crippen LogP contribution in [0.15, 0.2) is 24.3 Å². The van der Waals surface area contributed by atoms with Crippen LogP contribution < -0.4 is 0 Å². The van der Waals surface area contributed by atoms with Gasteiger partial charge in [0, 0.05) is 5.56 Å². The summed E-state index contributed by atoms with van der Waals surface area (Å²) in [7, 11) is 0. The lowest BCUT2D eigenvalue weighted by atomic mass is 9.88. The van der Waals surface area contributed by atoms with Crippen molar-refractivity contribution >= 4 is 0 Å². The minimum Gasteiger partial charge on any atom is -0.394 e. The molecule has 1 aliphatic rings. The van der Waals surface area contributed by atoms with Crippen molar-refractivity contribution in [1.82, 2.24) is 0 Å². The van der Waals surface area contributed by atoms with Crippen LogP contribution in [0, 0.1) is 0 Å². The van der Waals surface area contributed by atoms with E-state index in [1.807, 2.05) is 0 Å². The van der Waals surface area contributed by atoms with Crippen molar-refractivity contribution in [2.45, 2.75) is 36.8 Å². The maximum atomic E-state index is 10.4. The van der Waals surface area contributed by atoms with Crippen LogP contribution in [0.4, 0.5) is 0 Å². The molecule has 0 spiro atoms. The highest BCUT2D eigenvalue weighted by atomic mass is 16.7. The van der Waals surface area contributed by atoms with Crippen LogP contribution >= 0.6 is 0 Å². The van der Waals surface area contributed by atoms with E-state index in [4.69, 9.17) is 14.9 Å². The molecule has 1 aromatic carbocycles. The van der Waals surface area contributed by atoms with E-state index in [2.05, 4.69) is 0 Å². The van der Waals surface area contributed by atoms with E-state index < -0.39 is 36.8 Å². The average Bonchev–Trinajstić information content (AvgIpc) is 2.49. The normalized spacial score (nSPS) is 37.9. The third-order valence-electron chi connectivity index (χ3n) is 3.52. The molecule has 2 rings (SSSR count). The lowest BCUT2D eigenvalue weighted by molar-refractivity contribution is -0.357. The summed E-state index contributed by atoms with van der Waals surface area (Å²) < 4.78 is 5.16. The number of ether oxygens (including phenoxy) is 1. The van der Waals surface area contributed by atoms with E-state index in [9.17, 15) is 20.4 Å². The van der Waals surface area contributed by atoms with Crippen LogP contribution in [-0.2, 0) is 17.1 Å². The Kier molecular flexibility index (Phi) is 4.40. The molecule has 0 bridgehead atoms. The summed E-state index contributed by atoms with van der Waals surface area (Å²) in [5.74, 6) is -2.25. The van der Waals surface area contributed by atoms with Crippen molar-refractivity contribution in [1.29, 1.82) is 0 Å². The van der Waals surface area contributed by atoms with E-state index in [1.54, 1.807) is 0 Å². The predicted molar refractivity (Wildman–Crippen MR) is 66.2 cm³/mol. The molecular weight excluding hydrogens is 268 g/mol. The molecular formula is C13H18O7. The summed E-state index contributed by atoms with van der Waals surface area (Å²) in [5.41, 5.74) is 0.744. The van der Waals surface area contributed by atoms with Crippen LogP contribution in [0.2, 0.25) is 0 Å². The average molecular weight is 286 g/mol. The number of hydrogen-bond acceptors (Lipinski definition) is 7. The first-order valence-corrected chi connectivity index (χ1v) is 6.19. The summed E-state index contributed by atoms with van der Waals surface area (Å²) in [6.07, 6.45) is -6.17. The van der Waals surface area contributed by atoms with Crippen molar-refractivity contribution in [2.75, 3.05) is 6.61 Å². The first-order valence-electron chi connectivity index (χ1n) is 6.19. The zero-order valence-electron chi connectivity index (χ0n) is 10.6. The van der Waals surface area contributed by atoms with Crippen LogP contribution in [0.5, 0.6) is 0 Å². The predicted octanol–water partition coefficient (Wildman–Crippen LogP) is -2.20. The van der Waals surface area contributed by atoms with Crippen molar-refractivity contribution in [3.8, 4) is 0 Å². The van der Waals surface area contributed by atoms with Gasteiger partial charge in [0.15, 0.2) is 0 Å². The second kappa shape index (κ2) is 5.74. The lowest BCUT2D eigenvalue weighted by Gasteiger charge is -2.45. The number of benzene rings is 1. The van der Waals surface area contributed by atoms with Gasteiger partial charge in [0.05, 0.1) is 13.2 Å².